The number of fused-ring (bicyclic) bond motifs is 1. The number of hydrogen-bond donors (Lipinski definition) is 2. The molecule has 1 aromatic heterocycles. The van der Waals surface area contributed by atoms with E-state index in [1.165, 1.54) is 16.5 Å². The second-order valence-electron chi connectivity index (χ2n) is 8.66. The van der Waals surface area contributed by atoms with E-state index < -0.39 is 6.04 Å². The third kappa shape index (κ3) is 4.95. The van der Waals surface area contributed by atoms with Crippen LogP contribution < -0.4 is 10.1 Å². The normalized spacial score (nSPS) is 14.8. The van der Waals surface area contributed by atoms with Crippen LogP contribution in [0.3, 0.4) is 0 Å². The lowest BCUT2D eigenvalue weighted by Crippen LogP contribution is -2.52. The topological polar surface area (TPSA) is 74.4 Å². The number of carbonyl (C=O) groups excluding carboxylic acids is 2. The van der Waals surface area contributed by atoms with Gasteiger partial charge in [-0.05, 0) is 55.2 Å². The summed E-state index contributed by atoms with van der Waals surface area (Å²) in [6, 6.07) is 14.7. The van der Waals surface area contributed by atoms with Gasteiger partial charge in [0.2, 0.25) is 5.91 Å². The van der Waals surface area contributed by atoms with Crippen LogP contribution >= 0.6 is 0 Å². The highest BCUT2D eigenvalue weighted by molar-refractivity contribution is 5.98. The molecule has 33 heavy (non-hydrogen) atoms. The number of benzene rings is 2. The SMILES string of the molecule is CCOc1ccc(C(=O)N[C@H](C(=O)N2CC=C(c3c[nH]c4ccccc34)CC2)C(C)C)cc1. The fourth-order valence-electron chi connectivity index (χ4n) is 4.26. The van der Waals surface area contributed by atoms with Gasteiger partial charge in [0.25, 0.3) is 5.91 Å². The number of amides is 2. The van der Waals surface area contributed by atoms with E-state index in [2.05, 4.69) is 28.5 Å². The molecule has 1 aliphatic heterocycles. The maximum Gasteiger partial charge on any atom is 0.251 e. The van der Waals surface area contributed by atoms with E-state index in [-0.39, 0.29) is 17.7 Å². The number of nitrogens with zero attached hydrogens (tertiary/aromatic N) is 1. The highest BCUT2D eigenvalue weighted by Gasteiger charge is 2.30. The van der Waals surface area contributed by atoms with Crippen molar-refractivity contribution >= 4 is 28.3 Å². The molecule has 6 nitrogen and oxygen atoms in total. The predicted molar refractivity (Wildman–Crippen MR) is 131 cm³/mol. The van der Waals surface area contributed by atoms with Gasteiger partial charge in [0.15, 0.2) is 0 Å². The molecule has 0 aliphatic carbocycles. The number of ether oxygens (including phenoxy) is 1. The molecule has 2 aromatic carbocycles. The molecule has 6 heteroatoms. The molecule has 2 N–H and O–H groups in total. The van der Waals surface area contributed by atoms with Crippen LogP contribution in [-0.2, 0) is 4.79 Å². The average Bonchev–Trinajstić information content (AvgIpc) is 3.27. The maximum atomic E-state index is 13.3. The van der Waals surface area contributed by atoms with Gasteiger partial charge in [-0.25, -0.2) is 0 Å². The van der Waals surface area contributed by atoms with Crippen LogP contribution in [0.15, 0.2) is 60.8 Å². The van der Waals surface area contributed by atoms with E-state index in [0.717, 1.165) is 17.7 Å². The Morgan fingerprint density at radius 3 is 2.55 bits per heavy atom. The second-order valence-corrected chi connectivity index (χ2v) is 8.66. The van der Waals surface area contributed by atoms with Gasteiger partial charge in [-0.3, -0.25) is 9.59 Å². The van der Waals surface area contributed by atoms with Crippen LogP contribution in [0.4, 0.5) is 0 Å². The Bertz CT molecular complexity index is 1160. The summed E-state index contributed by atoms with van der Waals surface area (Å²) < 4.78 is 5.44. The van der Waals surface area contributed by atoms with Gasteiger partial charge in [0, 0.05) is 41.3 Å². The minimum absolute atomic E-state index is 0.0249. The van der Waals surface area contributed by atoms with Crippen molar-refractivity contribution in [3.8, 4) is 5.75 Å². The zero-order chi connectivity index (χ0) is 23.4. The molecule has 0 saturated heterocycles. The number of carbonyl (C=O) groups is 2. The molecule has 0 fully saturated rings. The lowest BCUT2D eigenvalue weighted by Gasteiger charge is -2.32. The number of para-hydroxylation sites is 1. The quantitative estimate of drug-likeness (QED) is 0.557. The van der Waals surface area contributed by atoms with Crippen molar-refractivity contribution in [2.75, 3.05) is 19.7 Å². The minimum atomic E-state index is -0.577. The van der Waals surface area contributed by atoms with Gasteiger partial charge < -0.3 is 19.9 Å². The summed E-state index contributed by atoms with van der Waals surface area (Å²) in [6.07, 6.45) is 4.95. The molecule has 0 saturated carbocycles. The molecule has 1 aliphatic rings. The first-order chi connectivity index (χ1) is 16.0. The molecule has 2 amide bonds. The summed E-state index contributed by atoms with van der Waals surface area (Å²) in [5.41, 5.74) is 4.07. The zero-order valence-corrected chi connectivity index (χ0v) is 19.4. The fraction of sp³-hybridized carbons (Fsp3) is 0.333. The molecular weight excluding hydrogens is 414 g/mol. The Balaban J connectivity index is 1.43. The van der Waals surface area contributed by atoms with Crippen LogP contribution in [0.5, 0.6) is 5.75 Å². The molecule has 0 unspecified atom stereocenters. The minimum Gasteiger partial charge on any atom is -0.494 e. The van der Waals surface area contributed by atoms with Gasteiger partial charge in [0.1, 0.15) is 11.8 Å². The highest BCUT2D eigenvalue weighted by atomic mass is 16.5. The number of nitrogens with one attached hydrogen (secondary N) is 2. The van der Waals surface area contributed by atoms with Crippen LogP contribution in [0, 0.1) is 5.92 Å². The van der Waals surface area contributed by atoms with Crippen LogP contribution in [0.1, 0.15) is 43.1 Å². The lowest BCUT2D eigenvalue weighted by molar-refractivity contribution is -0.133. The van der Waals surface area contributed by atoms with E-state index in [4.69, 9.17) is 4.74 Å². The first-order valence-electron chi connectivity index (χ1n) is 11.6. The first kappa shape index (κ1) is 22.6. The highest BCUT2D eigenvalue weighted by Crippen LogP contribution is 2.29. The number of aromatic amines is 1. The van der Waals surface area contributed by atoms with Crippen LogP contribution in [0.2, 0.25) is 0 Å². The van der Waals surface area contributed by atoms with E-state index in [0.29, 0.717) is 25.3 Å². The summed E-state index contributed by atoms with van der Waals surface area (Å²) in [4.78, 5) is 31.3. The lowest BCUT2D eigenvalue weighted by atomic mass is 9.97. The number of aromatic nitrogens is 1. The van der Waals surface area contributed by atoms with Crippen LogP contribution in [0.25, 0.3) is 16.5 Å². The summed E-state index contributed by atoms with van der Waals surface area (Å²) in [5, 5.41) is 4.15. The van der Waals surface area contributed by atoms with Gasteiger partial charge in [-0.2, -0.15) is 0 Å². The van der Waals surface area contributed by atoms with Gasteiger partial charge in [-0.1, -0.05) is 38.1 Å². The number of rotatable bonds is 7. The first-order valence-corrected chi connectivity index (χ1v) is 11.6. The molecule has 172 valence electrons. The van der Waals surface area contributed by atoms with Gasteiger partial charge >= 0.3 is 0 Å². The van der Waals surface area contributed by atoms with Crippen LogP contribution in [-0.4, -0.2) is 47.4 Å². The van der Waals surface area contributed by atoms with Gasteiger partial charge in [0.05, 0.1) is 6.61 Å². The number of hydrogen-bond acceptors (Lipinski definition) is 3. The number of H-pyrrole nitrogens is 1. The van der Waals surface area contributed by atoms with E-state index >= 15 is 0 Å². The average molecular weight is 446 g/mol. The third-order valence-corrected chi connectivity index (χ3v) is 6.10. The third-order valence-electron chi connectivity index (χ3n) is 6.10. The Labute approximate surface area is 194 Å². The van der Waals surface area contributed by atoms with Crippen molar-refractivity contribution in [2.45, 2.75) is 33.2 Å². The molecule has 4 rings (SSSR count). The molecule has 1 atom stereocenters. The Kier molecular flexibility index (Phi) is 6.82. The predicted octanol–water partition coefficient (Wildman–Crippen LogP) is 4.64. The molecular formula is C27H31N3O3. The molecule has 3 aromatic rings. The van der Waals surface area contributed by atoms with Gasteiger partial charge in [-0.15, -0.1) is 0 Å². The summed E-state index contributed by atoms with van der Waals surface area (Å²) >= 11 is 0. The van der Waals surface area contributed by atoms with E-state index in [9.17, 15) is 9.59 Å². The zero-order valence-electron chi connectivity index (χ0n) is 19.4. The molecule has 0 spiro atoms. The van der Waals surface area contributed by atoms with Crippen molar-refractivity contribution in [1.82, 2.24) is 15.2 Å². The monoisotopic (exact) mass is 445 g/mol. The van der Waals surface area contributed by atoms with Crippen molar-refractivity contribution < 1.29 is 14.3 Å². The fourth-order valence-corrected chi connectivity index (χ4v) is 4.26. The van der Waals surface area contributed by atoms with E-state index in [1.807, 2.05) is 44.0 Å². The molecule has 0 radical (unpaired) electrons. The van der Waals surface area contributed by atoms with Crippen molar-refractivity contribution in [2.24, 2.45) is 5.92 Å². The van der Waals surface area contributed by atoms with Crippen molar-refractivity contribution in [3.05, 3.63) is 71.9 Å². The second kappa shape index (κ2) is 9.94. The maximum absolute atomic E-state index is 13.3. The Hall–Kier alpha value is -3.54. The Morgan fingerprint density at radius 2 is 1.88 bits per heavy atom. The molecule has 2 heterocycles. The van der Waals surface area contributed by atoms with Crippen molar-refractivity contribution in [1.29, 1.82) is 0 Å². The largest absolute Gasteiger partial charge is 0.494 e. The standard InChI is InChI=1S/C27H31N3O3/c1-4-33-21-11-9-20(10-12-21)26(31)29-25(18(2)3)27(32)30-15-13-19(14-16-30)23-17-28-24-8-6-5-7-22(23)24/h5-13,17-18,25,28H,4,14-16H2,1-3H3,(H,29,31)/t25-/m0/s1. The summed E-state index contributed by atoms with van der Waals surface area (Å²) in [5.74, 6) is 0.399. The summed E-state index contributed by atoms with van der Waals surface area (Å²) in [7, 11) is 0. The Morgan fingerprint density at radius 1 is 1.12 bits per heavy atom. The molecule has 0 bridgehead atoms. The van der Waals surface area contributed by atoms with Crippen molar-refractivity contribution in [3.63, 3.8) is 0 Å². The van der Waals surface area contributed by atoms with E-state index in [1.54, 1.807) is 24.3 Å². The smallest absolute Gasteiger partial charge is 0.251 e. The summed E-state index contributed by atoms with van der Waals surface area (Å²) in [6.45, 7) is 7.57.